The van der Waals surface area contributed by atoms with Crippen LogP contribution in [0.1, 0.15) is 10.4 Å². The third-order valence-corrected chi connectivity index (χ3v) is 3.11. The van der Waals surface area contributed by atoms with Crippen molar-refractivity contribution in [3.63, 3.8) is 0 Å². The van der Waals surface area contributed by atoms with Gasteiger partial charge in [-0.05, 0) is 30.3 Å². The number of hydrogen-bond donors (Lipinski definition) is 0. The van der Waals surface area contributed by atoms with Gasteiger partial charge in [0, 0.05) is 7.05 Å². The second kappa shape index (κ2) is 6.35. The first-order valence-electron chi connectivity index (χ1n) is 6.35. The average molecular weight is 291 g/mol. The van der Waals surface area contributed by atoms with Crippen LogP contribution in [0.5, 0.6) is 5.75 Å². The molecule has 0 saturated heterocycles. The molecule has 3 nitrogen and oxygen atoms in total. The van der Waals surface area contributed by atoms with Crippen LogP contribution >= 0.6 is 0 Å². The molecule has 0 aliphatic rings. The predicted octanol–water partition coefficient (Wildman–Crippen LogP) is 3.29. The van der Waals surface area contributed by atoms with E-state index < -0.39 is 11.6 Å². The number of nitrogens with zero attached hydrogens (tertiary/aromatic N) is 1. The second-order valence-electron chi connectivity index (χ2n) is 4.58. The van der Waals surface area contributed by atoms with Crippen molar-refractivity contribution >= 4 is 11.5 Å². The molecule has 0 spiro atoms. The third-order valence-electron chi connectivity index (χ3n) is 3.11. The molecule has 0 bridgehead atoms. The van der Waals surface area contributed by atoms with Crippen LogP contribution in [-0.4, -0.2) is 26.5 Å². The predicted molar refractivity (Wildman–Crippen MR) is 77.0 cm³/mol. The van der Waals surface area contributed by atoms with Crippen molar-refractivity contribution in [2.45, 2.75) is 0 Å². The molecule has 110 valence electrons. The summed E-state index contributed by atoms with van der Waals surface area (Å²) in [6.07, 6.45) is 0. The smallest absolute Gasteiger partial charge is 0.185 e. The minimum absolute atomic E-state index is 0.0826. The second-order valence-corrected chi connectivity index (χ2v) is 4.58. The van der Waals surface area contributed by atoms with Crippen molar-refractivity contribution in [1.29, 1.82) is 0 Å². The highest BCUT2D eigenvalue weighted by Crippen LogP contribution is 2.22. The largest absolute Gasteiger partial charge is 0.496 e. The molecule has 0 aliphatic heterocycles. The van der Waals surface area contributed by atoms with Crippen LogP contribution in [0.25, 0.3) is 0 Å². The molecule has 0 unspecified atom stereocenters. The molecule has 0 aromatic heterocycles. The van der Waals surface area contributed by atoms with Crippen LogP contribution < -0.4 is 9.64 Å². The first-order valence-corrected chi connectivity index (χ1v) is 6.35. The summed E-state index contributed by atoms with van der Waals surface area (Å²) in [4.78, 5) is 13.7. The first kappa shape index (κ1) is 15.0. The zero-order chi connectivity index (χ0) is 15.4. The number of benzene rings is 2. The normalized spacial score (nSPS) is 10.3. The highest BCUT2D eigenvalue weighted by molar-refractivity contribution is 6.01. The minimum Gasteiger partial charge on any atom is -0.496 e. The van der Waals surface area contributed by atoms with E-state index in [2.05, 4.69) is 0 Å². The molecule has 21 heavy (non-hydrogen) atoms. The first-order chi connectivity index (χ1) is 10.0. The SMILES string of the molecule is COc1ccc(F)cc1C(=O)CN(C)c1ccccc1F. The Morgan fingerprint density at radius 2 is 1.90 bits per heavy atom. The Labute approximate surface area is 121 Å². The van der Waals surface area contributed by atoms with Gasteiger partial charge in [-0.2, -0.15) is 0 Å². The van der Waals surface area contributed by atoms with Crippen LogP contribution in [0.3, 0.4) is 0 Å². The number of ether oxygens (including phenoxy) is 1. The quantitative estimate of drug-likeness (QED) is 0.792. The fourth-order valence-corrected chi connectivity index (χ4v) is 2.05. The summed E-state index contributed by atoms with van der Waals surface area (Å²) in [5.74, 6) is -0.993. The van der Waals surface area contributed by atoms with Gasteiger partial charge in [0.05, 0.1) is 24.9 Å². The lowest BCUT2D eigenvalue weighted by Gasteiger charge is -2.19. The highest BCUT2D eigenvalue weighted by Gasteiger charge is 2.17. The molecular weight excluding hydrogens is 276 g/mol. The van der Waals surface area contributed by atoms with Crippen molar-refractivity contribution in [3.05, 3.63) is 59.7 Å². The molecule has 0 amide bonds. The van der Waals surface area contributed by atoms with Crippen molar-refractivity contribution in [1.82, 2.24) is 0 Å². The van der Waals surface area contributed by atoms with Crippen molar-refractivity contribution in [3.8, 4) is 5.75 Å². The molecule has 2 rings (SSSR count). The summed E-state index contributed by atoms with van der Waals surface area (Å²) in [7, 11) is 3.01. The average Bonchev–Trinajstić information content (AvgIpc) is 2.47. The fourth-order valence-electron chi connectivity index (χ4n) is 2.05. The summed E-state index contributed by atoms with van der Waals surface area (Å²) in [6.45, 7) is -0.0826. The number of ketones is 1. The number of likely N-dealkylation sites (N-methyl/N-ethyl adjacent to an activating group) is 1. The van der Waals surface area contributed by atoms with Gasteiger partial charge in [0.25, 0.3) is 0 Å². The van der Waals surface area contributed by atoms with Crippen molar-refractivity contribution in [2.75, 3.05) is 25.6 Å². The van der Waals surface area contributed by atoms with Crippen LogP contribution in [0, 0.1) is 11.6 Å². The van der Waals surface area contributed by atoms with E-state index in [-0.39, 0.29) is 17.9 Å². The summed E-state index contributed by atoms with van der Waals surface area (Å²) in [5, 5.41) is 0. The van der Waals surface area contributed by atoms with Gasteiger partial charge in [-0.3, -0.25) is 4.79 Å². The van der Waals surface area contributed by atoms with Gasteiger partial charge < -0.3 is 9.64 Å². The Morgan fingerprint density at radius 1 is 1.19 bits per heavy atom. The van der Waals surface area contributed by atoms with E-state index in [0.29, 0.717) is 11.4 Å². The maximum atomic E-state index is 13.7. The van der Waals surface area contributed by atoms with Gasteiger partial charge >= 0.3 is 0 Å². The molecule has 0 atom stereocenters. The molecular formula is C16H15F2NO2. The Morgan fingerprint density at radius 3 is 2.57 bits per heavy atom. The van der Waals surface area contributed by atoms with E-state index in [0.717, 1.165) is 6.07 Å². The van der Waals surface area contributed by atoms with Gasteiger partial charge in [0.1, 0.15) is 17.4 Å². The summed E-state index contributed by atoms with van der Waals surface area (Å²) in [6, 6.07) is 9.88. The molecule has 5 heteroatoms. The lowest BCUT2D eigenvalue weighted by atomic mass is 10.1. The van der Waals surface area contributed by atoms with Crippen LogP contribution in [0.2, 0.25) is 0 Å². The number of carbonyl (C=O) groups is 1. The summed E-state index contributed by atoms with van der Waals surface area (Å²) < 4.78 is 32.0. The summed E-state index contributed by atoms with van der Waals surface area (Å²) in [5.41, 5.74) is 0.446. The number of hydrogen-bond acceptors (Lipinski definition) is 3. The standard InChI is InChI=1S/C16H15F2NO2/c1-19(14-6-4-3-5-13(14)18)10-15(20)12-9-11(17)7-8-16(12)21-2/h3-9H,10H2,1-2H3. The Bertz CT molecular complexity index is 658. The zero-order valence-electron chi connectivity index (χ0n) is 11.8. The van der Waals surface area contributed by atoms with Crippen molar-refractivity contribution < 1.29 is 18.3 Å². The van der Waals surface area contributed by atoms with Crippen molar-refractivity contribution in [2.24, 2.45) is 0 Å². The van der Waals surface area contributed by atoms with Gasteiger partial charge in [-0.15, -0.1) is 0 Å². The molecule has 0 N–H and O–H groups in total. The van der Waals surface area contributed by atoms with E-state index in [1.807, 2.05) is 0 Å². The molecule has 0 fully saturated rings. The number of para-hydroxylation sites is 1. The van der Waals surface area contributed by atoms with E-state index >= 15 is 0 Å². The van der Waals surface area contributed by atoms with Gasteiger partial charge in [-0.25, -0.2) is 8.78 Å². The van der Waals surface area contributed by atoms with Crippen LogP contribution in [0.4, 0.5) is 14.5 Å². The molecule has 0 aliphatic carbocycles. The highest BCUT2D eigenvalue weighted by atomic mass is 19.1. The van der Waals surface area contributed by atoms with Gasteiger partial charge in [0.15, 0.2) is 5.78 Å². The third kappa shape index (κ3) is 3.37. The Balaban J connectivity index is 2.22. The number of anilines is 1. The fraction of sp³-hybridized carbons (Fsp3) is 0.188. The van der Waals surface area contributed by atoms with Gasteiger partial charge in [-0.1, -0.05) is 12.1 Å². The van der Waals surface area contributed by atoms with E-state index in [4.69, 9.17) is 4.74 Å². The Kier molecular flexibility index (Phi) is 4.52. The maximum Gasteiger partial charge on any atom is 0.185 e. The number of rotatable bonds is 5. The van der Waals surface area contributed by atoms with E-state index in [1.165, 1.54) is 30.2 Å². The molecule has 0 heterocycles. The number of Topliss-reactive ketones (excluding diaryl/α,β-unsaturated/α-hetero) is 1. The maximum absolute atomic E-state index is 13.7. The van der Waals surface area contributed by atoms with Gasteiger partial charge in [0.2, 0.25) is 0 Å². The minimum atomic E-state index is -0.521. The molecule has 0 radical (unpaired) electrons. The summed E-state index contributed by atoms with van der Waals surface area (Å²) >= 11 is 0. The molecule has 0 saturated carbocycles. The monoisotopic (exact) mass is 291 g/mol. The Hall–Kier alpha value is -2.43. The zero-order valence-corrected chi connectivity index (χ0v) is 11.8. The number of methoxy groups -OCH3 is 1. The lowest BCUT2D eigenvalue weighted by molar-refractivity contribution is 0.0997. The topological polar surface area (TPSA) is 29.5 Å². The lowest BCUT2D eigenvalue weighted by Crippen LogP contribution is -2.26. The molecule has 2 aromatic carbocycles. The van der Waals surface area contributed by atoms with E-state index in [9.17, 15) is 13.6 Å². The number of carbonyl (C=O) groups excluding carboxylic acids is 1. The molecule has 2 aromatic rings. The van der Waals surface area contributed by atoms with Crippen LogP contribution in [0.15, 0.2) is 42.5 Å². The van der Waals surface area contributed by atoms with E-state index in [1.54, 1.807) is 25.2 Å². The van der Waals surface area contributed by atoms with Crippen LogP contribution in [-0.2, 0) is 0 Å². The number of halogens is 2.